The molecular formula is C19H27N3O3S. The molecule has 1 atom stereocenters. The lowest BCUT2D eigenvalue weighted by Gasteiger charge is -2.35. The minimum atomic E-state index is -0.0867. The van der Waals surface area contributed by atoms with Gasteiger partial charge >= 0.3 is 0 Å². The third-order valence-electron chi connectivity index (χ3n) is 5.00. The van der Waals surface area contributed by atoms with Crippen LogP contribution in [0.3, 0.4) is 0 Å². The summed E-state index contributed by atoms with van der Waals surface area (Å²) in [5.41, 5.74) is 1.18. The highest BCUT2D eigenvalue weighted by atomic mass is 32.2. The van der Waals surface area contributed by atoms with Gasteiger partial charge in [-0.25, -0.2) is 0 Å². The van der Waals surface area contributed by atoms with Crippen molar-refractivity contribution in [2.45, 2.75) is 25.3 Å². The number of benzene rings is 1. The molecule has 1 aromatic carbocycles. The molecule has 0 saturated carbocycles. The number of amides is 2. The van der Waals surface area contributed by atoms with Crippen molar-refractivity contribution in [2.24, 2.45) is 0 Å². The van der Waals surface area contributed by atoms with Crippen LogP contribution in [-0.4, -0.2) is 66.5 Å². The summed E-state index contributed by atoms with van der Waals surface area (Å²) in [7, 11) is 1.66. The van der Waals surface area contributed by atoms with E-state index in [1.54, 1.807) is 12.0 Å². The molecule has 2 heterocycles. The van der Waals surface area contributed by atoms with Crippen LogP contribution in [0.1, 0.15) is 30.9 Å². The number of hydrogen-bond acceptors (Lipinski definition) is 5. The second-order valence-corrected chi connectivity index (χ2v) is 7.77. The molecule has 7 heteroatoms. The van der Waals surface area contributed by atoms with Crippen LogP contribution in [0.15, 0.2) is 24.3 Å². The maximum absolute atomic E-state index is 12.3. The maximum Gasteiger partial charge on any atom is 0.282 e. The summed E-state index contributed by atoms with van der Waals surface area (Å²) in [4.78, 5) is 28.0. The standard InChI is InChI=1S/C19H27N3O3S/c1-25-16-7-5-15(6-8-16)17(21-9-3-2-4-10-21)13-20-18(23)14-22-11-12-26-19(22)24/h5-8,17H,2-4,9-14H2,1H3,(H,20,23)/t17-/m0/s1. The van der Waals surface area contributed by atoms with Crippen LogP contribution in [0.2, 0.25) is 0 Å². The van der Waals surface area contributed by atoms with Crippen LogP contribution in [0.4, 0.5) is 4.79 Å². The minimum Gasteiger partial charge on any atom is -0.497 e. The molecule has 0 radical (unpaired) electrons. The largest absolute Gasteiger partial charge is 0.497 e. The van der Waals surface area contributed by atoms with Crippen LogP contribution in [0, 0.1) is 0 Å². The summed E-state index contributed by atoms with van der Waals surface area (Å²) in [6, 6.07) is 8.23. The summed E-state index contributed by atoms with van der Waals surface area (Å²) in [6.45, 7) is 3.47. The second kappa shape index (κ2) is 9.28. The molecular weight excluding hydrogens is 350 g/mol. The van der Waals surface area contributed by atoms with Crippen LogP contribution < -0.4 is 10.1 Å². The lowest BCUT2D eigenvalue weighted by molar-refractivity contribution is -0.121. The number of ether oxygens (including phenoxy) is 1. The molecule has 1 N–H and O–H groups in total. The summed E-state index contributed by atoms with van der Waals surface area (Å²) >= 11 is 1.28. The first-order valence-electron chi connectivity index (χ1n) is 9.24. The molecule has 0 unspecified atom stereocenters. The molecule has 142 valence electrons. The van der Waals surface area contributed by atoms with Gasteiger partial charge in [0.25, 0.3) is 5.24 Å². The number of carbonyl (C=O) groups is 2. The van der Waals surface area contributed by atoms with E-state index in [0.717, 1.165) is 24.6 Å². The SMILES string of the molecule is COc1ccc([C@H](CNC(=O)CN2CCSC2=O)N2CCCCC2)cc1. The first-order chi connectivity index (χ1) is 12.7. The average Bonchev–Trinajstić information content (AvgIpc) is 3.08. The van der Waals surface area contributed by atoms with Crippen molar-refractivity contribution in [3.05, 3.63) is 29.8 Å². The monoisotopic (exact) mass is 377 g/mol. The minimum absolute atomic E-state index is 0.00267. The molecule has 0 spiro atoms. The third-order valence-corrected chi connectivity index (χ3v) is 5.90. The van der Waals surface area contributed by atoms with Gasteiger partial charge in [0.15, 0.2) is 0 Å². The fourth-order valence-corrected chi connectivity index (χ4v) is 4.35. The van der Waals surface area contributed by atoms with E-state index < -0.39 is 0 Å². The number of nitrogens with zero attached hydrogens (tertiary/aromatic N) is 2. The van der Waals surface area contributed by atoms with E-state index in [0.29, 0.717) is 13.1 Å². The Balaban J connectivity index is 1.62. The fourth-order valence-electron chi connectivity index (χ4n) is 3.52. The van der Waals surface area contributed by atoms with E-state index in [9.17, 15) is 9.59 Å². The Hall–Kier alpha value is -1.73. The molecule has 2 fully saturated rings. The molecule has 0 aliphatic carbocycles. The normalized spacial score (nSPS) is 19.4. The van der Waals surface area contributed by atoms with E-state index in [-0.39, 0.29) is 23.7 Å². The van der Waals surface area contributed by atoms with Crippen LogP contribution in [0.5, 0.6) is 5.75 Å². The highest BCUT2D eigenvalue weighted by molar-refractivity contribution is 8.13. The highest BCUT2D eigenvalue weighted by Gasteiger charge is 2.25. The number of rotatable bonds is 7. The summed E-state index contributed by atoms with van der Waals surface area (Å²) in [6.07, 6.45) is 3.66. The molecule has 2 saturated heterocycles. The van der Waals surface area contributed by atoms with E-state index >= 15 is 0 Å². The van der Waals surface area contributed by atoms with Crippen LogP contribution >= 0.6 is 11.8 Å². The number of thioether (sulfide) groups is 1. The summed E-state index contributed by atoms with van der Waals surface area (Å²) in [5.74, 6) is 1.52. The number of hydrogen-bond donors (Lipinski definition) is 1. The lowest BCUT2D eigenvalue weighted by Crippen LogP contribution is -2.43. The van der Waals surface area contributed by atoms with Crippen molar-refractivity contribution in [2.75, 3.05) is 45.6 Å². The van der Waals surface area contributed by atoms with Crippen molar-refractivity contribution < 1.29 is 14.3 Å². The van der Waals surface area contributed by atoms with Crippen molar-refractivity contribution in [1.29, 1.82) is 0 Å². The Bertz CT molecular complexity index is 617. The van der Waals surface area contributed by atoms with Crippen LogP contribution in [-0.2, 0) is 4.79 Å². The Morgan fingerprint density at radius 3 is 2.54 bits per heavy atom. The van der Waals surface area contributed by atoms with Gasteiger partial charge < -0.3 is 15.0 Å². The number of methoxy groups -OCH3 is 1. The zero-order chi connectivity index (χ0) is 18.4. The molecule has 0 bridgehead atoms. The second-order valence-electron chi connectivity index (χ2n) is 6.73. The summed E-state index contributed by atoms with van der Waals surface area (Å²) in [5, 5.41) is 3.04. The first kappa shape index (κ1) is 19.0. The van der Waals surface area contributed by atoms with Gasteiger partial charge in [-0.05, 0) is 43.6 Å². The van der Waals surface area contributed by atoms with E-state index in [1.807, 2.05) is 12.1 Å². The molecule has 0 aromatic heterocycles. The van der Waals surface area contributed by atoms with Gasteiger partial charge in [0.1, 0.15) is 12.3 Å². The zero-order valence-corrected chi connectivity index (χ0v) is 16.1. The van der Waals surface area contributed by atoms with E-state index in [2.05, 4.69) is 22.3 Å². The maximum atomic E-state index is 12.3. The Morgan fingerprint density at radius 2 is 1.92 bits per heavy atom. The highest BCUT2D eigenvalue weighted by Crippen LogP contribution is 2.26. The molecule has 2 amide bonds. The Labute approximate surface area is 159 Å². The summed E-state index contributed by atoms with van der Waals surface area (Å²) < 4.78 is 5.25. The Morgan fingerprint density at radius 1 is 1.19 bits per heavy atom. The number of likely N-dealkylation sites (tertiary alicyclic amines) is 1. The molecule has 2 aliphatic heterocycles. The van der Waals surface area contributed by atoms with Gasteiger partial charge in [-0.3, -0.25) is 14.5 Å². The van der Waals surface area contributed by atoms with Gasteiger partial charge in [-0.15, -0.1) is 0 Å². The number of piperidine rings is 1. The van der Waals surface area contributed by atoms with E-state index in [1.165, 1.54) is 36.6 Å². The first-order valence-corrected chi connectivity index (χ1v) is 10.2. The number of nitrogens with one attached hydrogen (secondary N) is 1. The molecule has 6 nitrogen and oxygen atoms in total. The van der Waals surface area contributed by atoms with Crippen molar-refractivity contribution in [3.8, 4) is 5.75 Å². The number of carbonyl (C=O) groups excluding carboxylic acids is 2. The molecule has 1 aromatic rings. The van der Waals surface area contributed by atoms with Gasteiger partial charge in [-0.2, -0.15) is 0 Å². The molecule has 26 heavy (non-hydrogen) atoms. The fraction of sp³-hybridized carbons (Fsp3) is 0.579. The molecule has 2 aliphatic rings. The van der Waals surface area contributed by atoms with E-state index in [4.69, 9.17) is 4.74 Å². The van der Waals surface area contributed by atoms with Gasteiger partial charge in [0, 0.05) is 18.8 Å². The average molecular weight is 378 g/mol. The third kappa shape index (κ3) is 4.92. The lowest BCUT2D eigenvalue weighted by atomic mass is 10.0. The molecule has 3 rings (SSSR count). The van der Waals surface area contributed by atoms with Gasteiger partial charge in [-0.1, -0.05) is 30.3 Å². The van der Waals surface area contributed by atoms with Crippen molar-refractivity contribution in [1.82, 2.24) is 15.1 Å². The van der Waals surface area contributed by atoms with Crippen LogP contribution in [0.25, 0.3) is 0 Å². The van der Waals surface area contributed by atoms with Crippen molar-refractivity contribution >= 4 is 22.9 Å². The Kier molecular flexibility index (Phi) is 6.80. The zero-order valence-electron chi connectivity index (χ0n) is 15.3. The predicted octanol–water partition coefficient (Wildman–Crippen LogP) is 2.51. The predicted molar refractivity (Wildman–Crippen MR) is 104 cm³/mol. The van der Waals surface area contributed by atoms with Gasteiger partial charge in [0.05, 0.1) is 13.2 Å². The van der Waals surface area contributed by atoms with Crippen molar-refractivity contribution in [3.63, 3.8) is 0 Å². The topological polar surface area (TPSA) is 61.9 Å². The quantitative estimate of drug-likeness (QED) is 0.791. The smallest absolute Gasteiger partial charge is 0.282 e. The van der Waals surface area contributed by atoms with Gasteiger partial charge in [0.2, 0.25) is 5.91 Å².